The van der Waals surface area contributed by atoms with E-state index in [1.165, 1.54) is 0 Å². The van der Waals surface area contributed by atoms with Gasteiger partial charge in [-0.25, -0.2) is 4.98 Å². The van der Waals surface area contributed by atoms with Gasteiger partial charge in [-0.2, -0.15) is 0 Å². The zero-order valence-corrected chi connectivity index (χ0v) is 10.4. The molecule has 0 fully saturated rings. The molecule has 7 heteroatoms. The third-order valence-electron chi connectivity index (χ3n) is 1.51. The standard InChI is InChI=1S/C8H6ClF3INO/c1-4-2-5(3-9)14-7(6(4)13)15-8(10,11)12/h2H,3H2,1H3. The Balaban J connectivity index is 3.11. The molecule has 2 nitrogen and oxygen atoms in total. The van der Waals surface area contributed by atoms with Crippen LogP contribution >= 0.6 is 34.2 Å². The monoisotopic (exact) mass is 351 g/mol. The Hall–Kier alpha value is -0.240. The van der Waals surface area contributed by atoms with Crippen LogP contribution in [0.3, 0.4) is 0 Å². The molecule has 1 aromatic rings. The zero-order chi connectivity index (χ0) is 11.6. The van der Waals surface area contributed by atoms with E-state index in [0.717, 1.165) is 0 Å². The highest BCUT2D eigenvalue weighted by molar-refractivity contribution is 14.1. The maximum Gasteiger partial charge on any atom is 0.574 e. The number of nitrogens with zero attached hydrogens (tertiary/aromatic N) is 1. The Kier molecular flexibility index (Phi) is 4.05. The molecule has 0 saturated carbocycles. The molecule has 0 N–H and O–H groups in total. The van der Waals surface area contributed by atoms with Gasteiger partial charge in [-0.3, -0.25) is 0 Å². The molecular weight excluding hydrogens is 345 g/mol. The largest absolute Gasteiger partial charge is 0.574 e. The third-order valence-corrected chi connectivity index (χ3v) is 3.10. The first-order valence-corrected chi connectivity index (χ1v) is 5.42. The second kappa shape index (κ2) is 4.73. The van der Waals surface area contributed by atoms with Crippen LogP contribution in [-0.4, -0.2) is 11.3 Å². The van der Waals surface area contributed by atoms with E-state index in [0.29, 0.717) is 14.8 Å². The number of aryl methyl sites for hydroxylation is 1. The topological polar surface area (TPSA) is 22.1 Å². The fourth-order valence-corrected chi connectivity index (χ4v) is 1.46. The summed E-state index contributed by atoms with van der Waals surface area (Å²) >= 11 is 7.24. The first kappa shape index (κ1) is 12.8. The van der Waals surface area contributed by atoms with Crippen molar-refractivity contribution in [3.8, 4) is 5.88 Å². The first-order valence-electron chi connectivity index (χ1n) is 3.81. The summed E-state index contributed by atoms with van der Waals surface area (Å²) in [5, 5.41) is 0. The van der Waals surface area contributed by atoms with E-state index in [9.17, 15) is 13.2 Å². The Labute approximate surface area is 103 Å². The van der Waals surface area contributed by atoms with Crippen LogP contribution in [0.25, 0.3) is 0 Å². The number of alkyl halides is 4. The van der Waals surface area contributed by atoms with E-state index in [1.807, 2.05) is 0 Å². The molecule has 0 amide bonds. The molecule has 15 heavy (non-hydrogen) atoms. The first-order chi connectivity index (χ1) is 6.83. The minimum atomic E-state index is -4.73. The van der Waals surface area contributed by atoms with Gasteiger partial charge in [-0.15, -0.1) is 24.8 Å². The van der Waals surface area contributed by atoms with E-state index >= 15 is 0 Å². The van der Waals surface area contributed by atoms with Gasteiger partial charge >= 0.3 is 6.36 Å². The summed E-state index contributed by atoms with van der Waals surface area (Å²) in [6.07, 6.45) is -4.73. The second-order valence-corrected chi connectivity index (χ2v) is 4.08. The quantitative estimate of drug-likeness (QED) is 0.600. The van der Waals surface area contributed by atoms with Gasteiger partial charge < -0.3 is 4.74 Å². The van der Waals surface area contributed by atoms with Crippen molar-refractivity contribution < 1.29 is 17.9 Å². The van der Waals surface area contributed by atoms with Gasteiger partial charge in [0.05, 0.1) is 15.1 Å². The van der Waals surface area contributed by atoms with Crippen LogP contribution in [0.5, 0.6) is 5.88 Å². The molecule has 1 aromatic heterocycles. The number of aromatic nitrogens is 1. The highest BCUT2D eigenvalue weighted by Crippen LogP contribution is 2.28. The van der Waals surface area contributed by atoms with E-state index in [4.69, 9.17) is 11.6 Å². The fourth-order valence-electron chi connectivity index (χ4n) is 0.939. The molecule has 0 spiro atoms. The molecule has 1 heterocycles. The van der Waals surface area contributed by atoms with Gasteiger partial charge in [-0.05, 0) is 41.1 Å². The number of pyridine rings is 1. The van der Waals surface area contributed by atoms with Gasteiger partial charge in [0.2, 0.25) is 5.88 Å². The molecule has 0 unspecified atom stereocenters. The zero-order valence-electron chi connectivity index (χ0n) is 7.53. The molecule has 0 saturated heterocycles. The Morgan fingerprint density at radius 1 is 1.53 bits per heavy atom. The molecule has 0 atom stereocenters. The number of hydrogen-bond donors (Lipinski definition) is 0. The van der Waals surface area contributed by atoms with Gasteiger partial charge in [0.1, 0.15) is 0 Å². The maximum atomic E-state index is 12.0. The van der Waals surface area contributed by atoms with Crippen LogP contribution in [0.2, 0.25) is 0 Å². The molecular formula is C8H6ClF3INO. The molecule has 0 bridgehead atoms. The van der Waals surface area contributed by atoms with E-state index < -0.39 is 12.2 Å². The molecule has 0 aliphatic rings. The minimum absolute atomic E-state index is 0.0476. The average molecular weight is 351 g/mol. The maximum absolute atomic E-state index is 12.0. The normalized spacial score (nSPS) is 11.6. The van der Waals surface area contributed by atoms with Crippen LogP contribution in [0.15, 0.2) is 6.07 Å². The Bertz CT molecular complexity index is 370. The number of ether oxygens (including phenoxy) is 1. The highest BCUT2D eigenvalue weighted by Gasteiger charge is 2.33. The lowest BCUT2D eigenvalue weighted by Crippen LogP contribution is -2.19. The van der Waals surface area contributed by atoms with Crippen LogP contribution < -0.4 is 4.74 Å². The highest BCUT2D eigenvalue weighted by atomic mass is 127. The summed E-state index contributed by atoms with van der Waals surface area (Å²) in [5.74, 6) is -0.398. The van der Waals surface area contributed by atoms with Crippen molar-refractivity contribution in [2.24, 2.45) is 0 Å². The predicted octanol–water partition coefficient (Wildman–Crippen LogP) is 3.63. The minimum Gasteiger partial charge on any atom is -0.387 e. The van der Waals surface area contributed by atoms with Crippen molar-refractivity contribution in [1.29, 1.82) is 0 Å². The number of halogens is 5. The third kappa shape index (κ3) is 3.67. The molecule has 1 rings (SSSR count). The Morgan fingerprint density at radius 3 is 2.60 bits per heavy atom. The average Bonchev–Trinajstić information content (AvgIpc) is 2.10. The lowest BCUT2D eigenvalue weighted by atomic mass is 10.2. The fraction of sp³-hybridized carbons (Fsp3) is 0.375. The predicted molar refractivity (Wildman–Crippen MR) is 57.9 cm³/mol. The van der Waals surface area contributed by atoms with Crippen molar-refractivity contribution in [1.82, 2.24) is 4.98 Å². The van der Waals surface area contributed by atoms with Crippen LogP contribution in [0, 0.1) is 10.5 Å². The molecule has 84 valence electrons. The van der Waals surface area contributed by atoms with Crippen molar-refractivity contribution >= 4 is 34.2 Å². The summed E-state index contributed by atoms with van der Waals surface area (Å²) < 4.78 is 40.1. The van der Waals surface area contributed by atoms with Crippen molar-refractivity contribution in [2.45, 2.75) is 19.2 Å². The lowest BCUT2D eigenvalue weighted by molar-refractivity contribution is -0.276. The molecule has 0 aliphatic carbocycles. The summed E-state index contributed by atoms with van der Waals surface area (Å²) in [5.41, 5.74) is 1.01. The van der Waals surface area contributed by atoms with E-state index in [2.05, 4.69) is 9.72 Å². The van der Waals surface area contributed by atoms with Gasteiger partial charge in [0, 0.05) is 0 Å². The summed E-state index contributed by atoms with van der Waals surface area (Å²) in [4.78, 5) is 3.66. The van der Waals surface area contributed by atoms with Gasteiger partial charge in [-0.1, -0.05) is 0 Å². The number of hydrogen-bond acceptors (Lipinski definition) is 2. The van der Waals surface area contributed by atoms with Gasteiger partial charge in [0.25, 0.3) is 0 Å². The molecule has 0 aliphatic heterocycles. The van der Waals surface area contributed by atoms with Crippen LogP contribution in [0.1, 0.15) is 11.3 Å². The summed E-state index contributed by atoms with van der Waals surface area (Å²) in [7, 11) is 0. The molecule has 0 radical (unpaired) electrons. The molecule has 0 aromatic carbocycles. The van der Waals surface area contributed by atoms with Crippen LogP contribution in [0.4, 0.5) is 13.2 Å². The summed E-state index contributed by atoms with van der Waals surface area (Å²) in [6, 6.07) is 1.62. The van der Waals surface area contributed by atoms with E-state index in [-0.39, 0.29) is 5.88 Å². The Morgan fingerprint density at radius 2 is 2.13 bits per heavy atom. The van der Waals surface area contributed by atoms with Crippen molar-refractivity contribution in [2.75, 3.05) is 0 Å². The van der Waals surface area contributed by atoms with Gasteiger partial charge in [0.15, 0.2) is 0 Å². The van der Waals surface area contributed by atoms with Crippen molar-refractivity contribution in [3.63, 3.8) is 0 Å². The van der Waals surface area contributed by atoms with Crippen LogP contribution in [-0.2, 0) is 5.88 Å². The second-order valence-electron chi connectivity index (χ2n) is 2.73. The van der Waals surface area contributed by atoms with E-state index in [1.54, 1.807) is 35.6 Å². The smallest absolute Gasteiger partial charge is 0.387 e. The number of rotatable bonds is 2. The van der Waals surface area contributed by atoms with Crippen molar-refractivity contribution in [3.05, 3.63) is 20.9 Å². The lowest BCUT2D eigenvalue weighted by Gasteiger charge is -2.11. The summed E-state index contributed by atoms with van der Waals surface area (Å²) in [6.45, 7) is 1.67. The SMILES string of the molecule is Cc1cc(CCl)nc(OC(F)(F)F)c1I.